The Labute approximate surface area is 269 Å². The van der Waals surface area contributed by atoms with Crippen molar-refractivity contribution < 1.29 is 9.59 Å². The van der Waals surface area contributed by atoms with Crippen LogP contribution in [0.25, 0.3) is 27.3 Å². The number of benzene rings is 1. The zero-order valence-corrected chi connectivity index (χ0v) is 27.7. The van der Waals surface area contributed by atoms with Crippen LogP contribution in [0.5, 0.6) is 0 Å². The normalized spacial score (nSPS) is 20.6. The summed E-state index contributed by atoms with van der Waals surface area (Å²) in [5, 5.41) is 19.1. The highest BCUT2D eigenvalue weighted by molar-refractivity contribution is 9.10. The number of nitrogens with zero attached hydrogens (tertiary/aromatic N) is 7. The number of hydrogen-bond acceptors (Lipinski definition) is 9. The Morgan fingerprint density at radius 3 is 2.73 bits per heavy atom. The molecular formula is C31H38BrN9O2S. The van der Waals surface area contributed by atoms with Crippen molar-refractivity contribution in [1.29, 1.82) is 0 Å². The number of rotatable bonds is 9. The summed E-state index contributed by atoms with van der Waals surface area (Å²) in [5.41, 5.74) is 8.56. The number of amides is 2. The van der Waals surface area contributed by atoms with E-state index in [0.717, 1.165) is 83.5 Å². The topological polar surface area (TPSA) is 145 Å². The molecule has 0 radical (unpaired) electrons. The molecule has 3 aromatic heterocycles. The number of nitrogens with two attached hydrogens (primary N) is 1. The minimum Gasteiger partial charge on any atom is -0.370 e. The molecule has 0 unspecified atom stereocenters. The molecule has 0 bridgehead atoms. The predicted molar refractivity (Wildman–Crippen MR) is 173 cm³/mol. The number of hydrogen-bond donors (Lipinski definition) is 2. The molecule has 2 fully saturated rings. The van der Waals surface area contributed by atoms with Crippen LogP contribution in [-0.2, 0) is 22.4 Å². The summed E-state index contributed by atoms with van der Waals surface area (Å²) in [5.74, 6) is 1.31. The van der Waals surface area contributed by atoms with E-state index in [1.54, 1.807) is 0 Å². The monoisotopic (exact) mass is 679 g/mol. The van der Waals surface area contributed by atoms with Crippen molar-refractivity contribution >= 4 is 50.1 Å². The number of aryl methyl sites for hydroxylation is 2. The van der Waals surface area contributed by atoms with E-state index in [0.29, 0.717) is 34.9 Å². The molecule has 1 aromatic carbocycles. The Morgan fingerprint density at radius 1 is 1.23 bits per heavy atom. The van der Waals surface area contributed by atoms with E-state index >= 15 is 0 Å². The highest BCUT2D eigenvalue weighted by atomic mass is 79.9. The Kier molecular flexibility index (Phi) is 8.80. The van der Waals surface area contributed by atoms with Crippen LogP contribution in [0.15, 0.2) is 29.0 Å². The molecule has 1 saturated heterocycles. The van der Waals surface area contributed by atoms with Gasteiger partial charge in [0, 0.05) is 50.8 Å². The van der Waals surface area contributed by atoms with E-state index in [-0.39, 0.29) is 23.7 Å². The second-order valence-corrected chi connectivity index (χ2v) is 14.3. The van der Waals surface area contributed by atoms with E-state index in [9.17, 15) is 9.59 Å². The van der Waals surface area contributed by atoms with Crippen molar-refractivity contribution in [2.45, 2.75) is 59.3 Å². The van der Waals surface area contributed by atoms with Crippen LogP contribution in [0.1, 0.15) is 55.9 Å². The largest absolute Gasteiger partial charge is 0.370 e. The molecule has 4 aromatic rings. The SMILES string of the molecule is Cc1nnc(-c2ccc(-n3nc(Br)c4cnc(C[C@@H]5CC[C@](C(=O)N6CCNCC6)(C(C)C)C5)nc43)cc2CCC(N)=O)s1. The third kappa shape index (κ3) is 6.01. The van der Waals surface area contributed by atoms with Crippen LogP contribution in [0, 0.1) is 24.2 Å². The molecule has 6 rings (SSSR count). The molecule has 1 aliphatic carbocycles. The lowest BCUT2D eigenvalue weighted by Crippen LogP contribution is -2.52. The molecule has 4 heterocycles. The average molecular weight is 681 g/mol. The molecule has 232 valence electrons. The van der Waals surface area contributed by atoms with Crippen LogP contribution < -0.4 is 11.1 Å². The number of nitrogens with one attached hydrogen (secondary N) is 1. The summed E-state index contributed by atoms with van der Waals surface area (Å²) in [6, 6.07) is 6.00. The van der Waals surface area contributed by atoms with Gasteiger partial charge in [-0.1, -0.05) is 25.2 Å². The van der Waals surface area contributed by atoms with Crippen LogP contribution in [0.3, 0.4) is 0 Å². The molecule has 0 spiro atoms. The average Bonchev–Trinajstić information content (AvgIpc) is 3.73. The molecule has 13 heteroatoms. The molecule has 2 atom stereocenters. The van der Waals surface area contributed by atoms with Gasteiger partial charge in [-0.3, -0.25) is 9.59 Å². The first-order valence-electron chi connectivity index (χ1n) is 15.3. The zero-order valence-electron chi connectivity index (χ0n) is 25.3. The van der Waals surface area contributed by atoms with Gasteiger partial charge in [0.25, 0.3) is 0 Å². The maximum atomic E-state index is 13.8. The lowest BCUT2D eigenvalue weighted by atomic mass is 9.73. The summed E-state index contributed by atoms with van der Waals surface area (Å²) in [7, 11) is 0. The Morgan fingerprint density at radius 2 is 2.02 bits per heavy atom. The predicted octanol–water partition coefficient (Wildman–Crippen LogP) is 4.24. The highest BCUT2D eigenvalue weighted by Crippen LogP contribution is 2.49. The van der Waals surface area contributed by atoms with Crippen molar-refractivity contribution in [3.63, 3.8) is 0 Å². The van der Waals surface area contributed by atoms with Gasteiger partial charge in [-0.05, 0) is 84.1 Å². The molecule has 1 saturated carbocycles. The first-order valence-corrected chi connectivity index (χ1v) is 16.9. The van der Waals surface area contributed by atoms with Gasteiger partial charge >= 0.3 is 0 Å². The van der Waals surface area contributed by atoms with E-state index in [1.807, 2.05) is 36.0 Å². The number of aromatic nitrogens is 6. The first-order chi connectivity index (χ1) is 21.1. The smallest absolute Gasteiger partial charge is 0.229 e. The summed E-state index contributed by atoms with van der Waals surface area (Å²) < 4.78 is 2.47. The second-order valence-electron chi connectivity index (χ2n) is 12.3. The molecule has 44 heavy (non-hydrogen) atoms. The lowest BCUT2D eigenvalue weighted by molar-refractivity contribution is -0.145. The maximum Gasteiger partial charge on any atom is 0.229 e. The van der Waals surface area contributed by atoms with E-state index in [2.05, 4.69) is 50.2 Å². The molecular weight excluding hydrogens is 642 g/mol. The molecule has 3 N–H and O–H groups in total. The highest BCUT2D eigenvalue weighted by Gasteiger charge is 2.49. The number of carbonyl (C=O) groups is 2. The van der Waals surface area contributed by atoms with Crippen molar-refractivity contribution in [2.75, 3.05) is 26.2 Å². The van der Waals surface area contributed by atoms with Gasteiger partial charge < -0.3 is 16.0 Å². The van der Waals surface area contributed by atoms with Gasteiger partial charge in [-0.2, -0.15) is 5.10 Å². The number of carbonyl (C=O) groups excluding carboxylic acids is 2. The third-order valence-electron chi connectivity index (χ3n) is 9.22. The number of piperazine rings is 1. The van der Waals surface area contributed by atoms with Crippen LogP contribution >= 0.6 is 27.3 Å². The van der Waals surface area contributed by atoms with Crippen LogP contribution in [-0.4, -0.2) is 72.8 Å². The first kappa shape index (κ1) is 30.7. The number of fused-ring (bicyclic) bond motifs is 1. The second kappa shape index (κ2) is 12.6. The van der Waals surface area contributed by atoms with Gasteiger partial charge in [0.1, 0.15) is 20.4 Å². The fraction of sp³-hybridized carbons (Fsp3) is 0.516. The number of halogens is 1. The fourth-order valence-electron chi connectivity index (χ4n) is 6.73. The van der Waals surface area contributed by atoms with E-state index in [4.69, 9.17) is 20.8 Å². The van der Waals surface area contributed by atoms with Gasteiger partial charge in [-0.25, -0.2) is 14.6 Å². The van der Waals surface area contributed by atoms with Crippen molar-refractivity contribution in [1.82, 2.24) is 40.2 Å². The maximum absolute atomic E-state index is 13.8. The summed E-state index contributed by atoms with van der Waals surface area (Å²) in [6.45, 7) is 9.58. The quantitative estimate of drug-likeness (QED) is 0.267. The van der Waals surface area contributed by atoms with E-state index < -0.39 is 0 Å². The zero-order chi connectivity index (χ0) is 31.0. The van der Waals surface area contributed by atoms with Crippen molar-refractivity contribution in [2.24, 2.45) is 23.0 Å². The van der Waals surface area contributed by atoms with Gasteiger partial charge in [0.05, 0.1) is 16.5 Å². The summed E-state index contributed by atoms with van der Waals surface area (Å²) in [6.07, 6.45) is 5.97. The minimum absolute atomic E-state index is 0.223. The van der Waals surface area contributed by atoms with E-state index in [1.165, 1.54) is 11.3 Å². The standard InChI is InChI=1S/C31H38BrN9O2S/c1-18(2)31(30(43)40-12-10-34-11-13-40)9-8-20(16-31)14-26-35-17-24-27(32)39-41(28(24)36-26)22-5-6-23(29-38-37-19(3)44-29)21(15-22)4-7-25(33)42/h5-6,15,17-18,20,34H,4,7-14,16H2,1-3H3,(H2,33,42)/t20-,31+/m0/s1. The molecule has 11 nitrogen and oxygen atoms in total. The Balaban J connectivity index is 1.28. The third-order valence-corrected chi connectivity index (χ3v) is 10.7. The van der Waals surface area contributed by atoms with Gasteiger partial charge in [0.15, 0.2) is 5.65 Å². The summed E-state index contributed by atoms with van der Waals surface area (Å²) >= 11 is 5.11. The molecule has 2 amide bonds. The molecule has 1 aliphatic heterocycles. The van der Waals surface area contributed by atoms with Gasteiger partial charge in [-0.15, -0.1) is 10.2 Å². The van der Waals surface area contributed by atoms with Crippen molar-refractivity contribution in [3.05, 3.63) is 45.4 Å². The van der Waals surface area contributed by atoms with Crippen LogP contribution in [0.4, 0.5) is 0 Å². The minimum atomic E-state index is -0.359. The summed E-state index contributed by atoms with van der Waals surface area (Å²) in [4.78, 5) is 37.2. The number of primary amides is 1. The van der Waals surface area contributed by atoms with Gasteiger partial charge in [0.2, 0.25) is 11.8 Å². The lowest BCUT2D eigenvalue weighted by Gasteiger charge is -2.39. The fourth-order valence-corrected chi connectivity index (χ4v) is 7.93. The molecule has 2 aliphatic rings. The Bertz CT molecular complexity index is 1700. The van der Waals surface area contributed by atoms with Crippen molar-refractivity contribution in [3.8, 4) is 16.3 Å². The Hall–Kier alpha value is -3.29. The van der Waals surface area contributed by atoms with Crippen LogP contribution in [0.2, 0.25) is 0 Å².